The average Bonchev–Trinajstić information content (AvgIpc) is 3.20. The van der Waals surface area contributed by atoms with Crippen LogP contribution in [0.1, 0.15) is 23.7 Å². The van der Waals surface area contributed by atoms with Crippen molar-refractivity contribution in [1.29, 1.82) is 0 Å². The number of carboxylic acids is 1. The zero-order valence-corrected chi connectivity index (χ0v) is 11.0. The molecule has 2 N–H and O–H groups in total. The van der Waals surface area contributed by atoms with Crippen LogP contribution in [0, 0.1) is 11.8 Å². The maximum atomic E-state index is 11.9. The highest BCUT2D eigenvalue weighted by atomic mass is 16.5. The molecule has 6 heteroatoms. The predicted molar refractivity (Wildman–Crippen MR) is 70.3 cm³/mol. The van der Waals surface area contributed by atoms with E-state index in [0.717, 1.165) is 0 Å². The first kappa shape index (κ1) is 14.0. The second-order valence-electron chi connectivity index (χ2n) is 4.54. The topological polar surface area (TPSA) is 92.7 Å². The van der Waals surface area contributed by atoms with Gasteiger partial charge >= 0.3 is 11.9 Å². The predicted octanol–water partition coefficient (Wildman–Crippen LogP) is 1.52. The first-order valence-electron chi connectivity index (χ1n) is 6.34. The van der Waals surface area contributed by atoms with Crippen molar-refractivity contribution >= 4 is 23.5 Å². The molecule has 0 radical (unpaired) electrons. The van der Waals surface area contributed by atoms with Gasteiger partial charge in [0.15, 0.2) is 0 Å². The molecule has 1 saturated carbocycles. The molecular weight excluding hydrogens is 262 g/mol. The van der Waals surface area contributed by atoms with Crippen LogP contribution in [0.5, 0.6) is 0 Å². The summed E-state index contributed by atoms with van der Waals surface area (Å²) in [4.78, 5) is 34.4. The standard InChI is InChI=1S/C14H15NO5/c1-2-20-14(19)8-5-3-4-6-11(8)15-12(16)9-7-10(9)13(17)18/h3-6,9-10H,2,7H2,1H3,(H,15,16)(H,17,18)/t9-,10+/m1/s1. The van der Waals surface area contributed by atoms with Gasteiger partial charge in [-0.05, 0) is 25.5 Å². The number of carboxylic acid groups (broad SMARTS) is 1. The molecule has 0 bridgehead atoms. The molecule has 2 rings (SSSR count). The molecule has 1 amide bonds. The molecule has 0 saturated heterocycles. The van der Waals surface area contributed by atoms with Gasteiger partial charge in [-0.15, -0.1) is 0 Å². The second kappa shape index (κ2) is 5.73. The van der Waals surface area contributed by atoms with Crippen molar-refractivity contribution in [2.24, 2.45) is 11.8 Å². The number of rotatable bonds is 5. The highest BCUT2D eigenvalue weighted by molar-refractivity contribution is 6.03. The number of benzene rings is 1. The molecule has 20 heavy (non-hydrogen) atoms. The molecule has 1 aliphatic rings. The minimum atomic E-state index is -0.969. The van der Waals surface area contributed by atoms with Crippen molar-refractivity contribution in [1.82, 2.24) is 0 Å². The maximum Gasteiger partial charge on any atom is 0.340 e. The maximum absolute atomic E-state index is 11.9. The Kier molecular flexibility index (Phi) is 4.02. The summed E-state index contributed by atoms with van der Waals surface area (Å²) in [5.41, 5.74) is 0.599. The number of amides is 1. The smallest absolute Gasteiger partial charge is 0.340 e. The van der Waals surface area contributed by atoms with Gasteiger partial charge in [0.2, 0.25) is 5.91 Å². The van der Waals surface area contributed by atoms with Crippen LogP contribution in [-0.2, 0) is 14.3 Å². The van der Waals surface area contributed by atoms with Crippen LogP contribution in [0.25, 0.3) is 0 Å². The summed E-state index contributed by atoms with van der Waals surface area (Å²) < 4.78 is 4.90. The van der Waals surface area contributed by atoms with Gasteiger partial charge in [0.05, 0.1) is 29.7 Å². The number of anilines is 1. The zero-order chi connectivity index (χ0) is 14.7. The number of carbonyl (C=O) groups excluding carboxylic acids is 2. The van der Waals surface area contributed by atoms with Gasteiger partial charge in [0.25, 0.3) is 0 Å². The van der Waals surface area contributed by atoms with Crippen molar-refractivity contribution in [2.75, 3.05) is 11.9 Å². The van der Waals surface area contributed by atoms with E-state index in [4.69, 9.17) is 9.84 Å². The van der Waals surface area contributed by atoms with Crippen LogP contribution in [-0.4, -0.2) is 29.6 Å². The van der Waals surface area contributed by atoms with E-state index in [-0.39, 0.29) is 18.1 Å². The SMILES string of the molecule is CCOC(=O)c1ccccc1NC(=O)[C@@H]1C[C@@H]1C(=O)O. The fourth-order valence-electron chi connectivity index (χ4n) is 1.96. The third-order valence-electron chi connectivity index (χ3n) is 3.12. The molecular formula is C14H15NO5. The minimum Gasteiger partial charge on any atom is -0.481 e. The molecule has 1 aromatic carbocycles. The lowest BCUT2D eigenvalue weighted by molar-refractivity contribution is -0.139. The van der Waals surface area contributed by atoms with E-state index in [9.17, 15) is 14.4 Å². The van der Waals surface area contributed by atoms with E-state index in [1.807, 2.05) is 0 Å². The first-order chi connectivity index (χ1) is 9.54. The summed E-state index contributed by atoms with van der Waals surface area (Å²) >= 11 is 0. The van der Waals surface area contributed by atoms with E-state index in [2.05, 4.69) is 5.32 Å². The monoisotopic (exact) mass is 277 g/mol. The lowest BCUT2D eigenvalue weighted by atomic mass is 10.1. The summed E-state index contributed by atoms with van der Waals surface area (Å²) in [5.74, 6) is -3.01. The van der Waals surface area contributed by atoms with E-state index >= 15 is 0 Å². The Labute approximate surface area is 115 Å². The van der Waals surface area contributed by atoms with E-state index in [0.29, 0.717) is 12.1 Å². The largest absolute Gasteiger partial charge is 0.481 e. The molecule has 1 aromatic rings. The molecule has 0 unspecified atom stereocenters. The van der Waals surface area contributed by atoms with E-state index < -0.39 is 23.8 Å². The Bertz CT molecular complexity index is 554. The zero-order valence-electron chi connectivity index (χ0n) is 11.0. The van der Waals surface area contributed by atoms with Crippen molar-refractivity contribution < 1.29 is 24.2 Å². The van der Waals surface area contributed by atoms with Gasteiger partial charge < -0.3 is 15.2 Å². The number of hydrogen-bond donors (Lipinski definition) is 2. The normalized spacial score (nSPS) is 20.1. The Morgan fingerprint density at radius 1 is 1.30 bits per heavy atom. The van der Waals surface area contributed by atoms with Gasteiger partial charge in [-0.25, -0.2) is 4.79 Å². The van der Waals surface area contributed by atoms with Gasteiger partial charge in [0.1, 0.15) is 0 Å². The van der Waals surface area contributed by atoms with E-state index in [1.165, 1.54) is 0 Å². The number of para-hydroxylation sites is 1. The number of esters is 1. The summed E-state index contributed by atoms with van der Waals surface area (Å²) in [7, 11) is 0. The van der Waals surface area contributed by atoms with Crippen LogP contribution in [0.4, 0.5) is 5.69 Å². The second-order valence-corrected chi connectivity index (χ2v) is 4.54. The van der Waals surface area contributed by atoms with Crippen LogP contribution in [0.15, 0.2) is 24.3 Å². The number of hydrogen-bond acceptors (Lipinski definition) is 4. The summed E-state index contributed by atoms with van der Waals surface area (Å²) in [6.07, 6.45) is 0.336. The number of ether oxygens (including phenoxy) is 1. The third kappa shape index (κ3) is 2.96. The summed E-state index contributed by atoms with van der Waals surface area (Å²) in [5, 5.41) is 11.4. The van der Waals surface area contributed by atoms with Crippen molar-refractivity contribution in [3.8, 4) is 0 Å². The summed E-state index contributed by atoms with van der Waals surface area (Å²) in [6, 6.07) is 6.48. The van der Waals surface area contributed by atoms with Gasteiger partial charge in [-0.1, -0.05) is 12.1 Å². The summed E-state index contributed by atoms with van der Waals surface area (Å²) in [6.45, 7) is 1.94. The lowest BCUT2D eigenvalue weighted by Gasteiger charge is -2.09. The third-order valence-corrected chi connectivity index (χ3v) is 3.12. The van der Waals surface area contributed by atoms with Crippen molar-refractivity contribution in [3.63, 3.8) is 0 Å². The average molecular weight is 277 g/mol. The first-order valence-corrected chi connectivity index (χ1v) is 6.34. The Balaban J connectivity index is 2.08. The number of nitrogens with one attached hydrogen (secondary N) is 1. The molecule has 2 atom stereocenters. The lowest BCUT2D eigenvalue weighted by Crippen LogP contribution is -2.19. The fraction of sp³-hybridized carbons (Fsp3) is 0.357. The molecule has 0 heterocycles. The Morgan fingerprint density at radius 3 is 2.60 bits per heavy atom. The Hall–Kier alpha value is -2.37. The van der Waals surface area contributed by atoms with Crippen LogP contribution < -0.4 is 5.32 Å². The highest BCUT2D eigenvalue weighted by Gasteiger charge is 2.48. The number of carbonyl (C=O) groups is 3. The van der Waals surface area contributed by atoms with Crippen LogP contribution >= 0.6 is 0 Å². The minimum absolute atomic E-state index is 0.241. The molecule has 0 spiro atoms. The van der Waals surface area contributed by atoms with Crippen molar-refractivity contribution in [2.45, 2.75) is 13.3 Å². The molecule has 0 aliphatic heterocycles. The quantitative estimate of drug-likeness (QED) is 0.796. The van der Waals surface area contributed by atoms with Crippen LogP contribution in [0.3, 0.4) is 0 Å². The Morgan fingerprint density at radius 2 is 2.00 bits per heavy atom. The fourth-order valence-corrected chi connectivity index (χ4v) is 1.96. The molecule has 1 aliphatic carbocycles. The van der Waals surface area contributed by atoms with Gasteiger partial charge in [0, 0.05) is 0 Å². The van der Waals surface area contributed by atoms with E-state index in [1.54, 1.807) is 31.2 Å². The van der Waals surface area contributed by atoms with Crippen LogP contribution in [0.2, 0.25) is 0 Å². The molecule has 6 nitrogen and oxygen atoms in total. The molecule has 106 valence electrons. The van der Waals surface area contributed by atoms with Crippen molar-refractivity contribution in [3.05, 3.63) is 29.8 Å². The van der Waals surface area contributed by atoms with Gasteiger partial charge in [-0.3, -0.25) is 9.59 Å². The molecule has 1 fully saturated rings. The molecule has 0 aromatic heterocycles. The highest BCUT2D eigenvalue weighted by Crippen LogP contribution is 2.39. The number of aliphatic carboxylic acids is 1. The van der Waals surface area contributed by atoms with Gasteiger partial charge in [-0.2, -0.15) is 0 Å².